The molecular formula is C29H23Cl2NS2. The van der Waals surface area contributed by atoms with E-state index in [9.17, 15) is 0 Å². The number of thioether (sulfide) groups is 1. The first-order valence-corrected chi connectivity index (χ1v) is 13.6. The Bertz CT molecular complexity index is 1340. The topological polar surface area (TPSA) is 3.24 Å². The van der Waals surface area contributed by atoms with Gasteiger partial charge in [-0.1, -0.05) is 96.1 Å². The van der Waals surface area contributed by atoms with E-state index in [0.717, 1.165) is 40.4 Å². The lowest BCUT2D eigenvalue weighted by Crippen LogP contribution is -2.30. The molecule has 0 fully saturated rings. The number of hydrogen-bond donors (Lipinski definition) is 0. The lowest BCUT2D eigenvalue weighted by molar-refractivity contribution is 0.778. The average Bonchev–Trinajstić information content (AvgIpc) is 2.89. The summed E-state index contributed by atoms with van der Waals surface area (Å²) in [6.45, 7) is 0. The monoisotopic (exact) mass is 519 g/mol. The smallest absolute Gasteiger partial charge is 0.0756 e. The van der Waals surface area contributed by atoms with Crippen LogP contribution in [0.3, 0.4) is 0 Å². The van der Waals surface area contributed by atoms with Gasteiger partial charge in [0.2, 0.25) is 0 Å². The Labute approximate surface area is 220 Å². The predicted molar refractivity (Wildman–Crippen MR) is 154 cm³/mol. The molecule has 2 aliphatic rings. The van der Waals surface area contributed by atoms with Crippen LogP contribution in [0.1, 0.15) is 30.4 Å². The highest BCUT2D eigenvalue weighted by Crippen LogP contribution is 2.48. The molecule has 3 aromatic carbocycles. The van der Waals surface area contributed by atoms with Crippen molar-refractivity contribution in [3.05, 3.63) is 123 Å². The normalized spacial score (nSPS) is 15.9. The zero-order valence-corrected chi connectivity index (χ0v) is 21.9. The second-order valence-electron chi connectivity index (χ2n) is 8.26. The van der Waals surface area contributed by atoms with E-state index in [0.29, 0.717) is 10.0 Å². The summed E-state index contributed by atoms with van der Waals surface area (Å²) in [5.41, 5.74) is 9.42. The summed E-state index contributed by atoms with van der Waals surface area (Å²) in [6, 6.07) is 27.0. The van der Waals surface area contributed by atoms with Crippen LogP contribution >= 0.6 is 47.2 Å². The highest BCUT2D eigenvalue weighted by atomic mass is 35.5. The number of rotatable bonds is 4. The van der Waals surface area contributed by atoms with E-state index < -0.39 is 0 Å². The van der Waals surface area contributed by atoms with Gasteiger partial charge in [-0.15, -0.1) is 11.8 Å². The van der Waals surface area contributed by atoms with Crippen molar-refractivity contribution in [2.24, 2.45) is 0 Å². The minimum atomic E-state index is 0.538. The predicted octanol–water partition coefficient (Wildman–Crippen LogP) is 9.44. The Morgan fingerprint density at radius 1 is 0.853 bits per heavy atom. The third kappa shape index (κ3) is 4.38. The van der Waals surface area contributed by atoms with E-state index in [1.807, 2.05) is 24.3 Å². The van der Waals surface area contributed by atoms with Crippen molar-refractivity contribution in [1.29, 1.82) is 0 Å². The van der Waals surface area contributed by atoms with E-state index in [4.69, 9.17) is 35.4 Å². The number of halogens is 2. The Morgan fingerprint density at radius 2 is 1.53 bits per heavy atom. The van der Waals surface area contributed by atoms with Crippen LogP contribution in [0.2, 0.25) is 10.0 Å². The molecular weight excluding hydrogens is 497 g/mol. The molecule has 1 nitrogen and oxygen atoms in total. The summed E-state index contributed by atoms with van der Waals surface area (Å²) < 4.78 is 0.944. The van der Waals surface area contributed by atoms with Crippen LogP contribution in [0.15, 0.2) is 102 Å². The molecule has 0 bridgehead atoms. The molecule has 5 heteroatoms. The second kappa shape index (κ2) is 10.1. The Morgan fingerprint density at radius 3 is 2.18 bits per heavy atom. The molecule has 0 saturated carbocycles. The molecule has 0 aromatic heterocycles. The van der Waals surface area contributed by atoms with E-state index in [1.54, 1.807) is 11.8 Å². The van der Waals surface area contributed by atoms with Crippen molar-refractivity contribution >= 4 is 68.3 Å². The van der Waals surface area contributed by atoms with Crippen LogP contribution in [-0.4, -0.2) is 10.5 Å². The number of hydrogen-bond acceptors (Lipinski definition) is 3. The van der Waals surface area contributed by atoms with Crippen molar-refractivity contribution in [1.82, 2.24) is 0 Å². The third-order valence-electron chi connectivity index (χ3n) is 6.24. The summed E-state index contributed by atoms with van der Waals surface area (Å²) >= 11 is 20.4. The Balaban J connectivity index is 1.85. The van der Waals surface area contributed by atoms with E-state index in [1.165, 1.54) is 28.0 Å². The van der Waals surface area contributed by atoms with E-state index >= 15 is 0 Å². The highest BCUT2D eigenvalue weighted by Gasteiger charge is 2.33. The summed E-state index contributed by atoms with van der Waals surface area (Å²) in [6.07, 6.45) is 7.41. The van der Waals surface area contributed by atoms with Crippen molar-refractivity contribution in [3.8, 4) is 0 Å². The number of anilines is 1. The van der Waals surface area contributed by atoms with Gasteiger partial charge in [0, 0.05) is 11.3 Å². The molecule has 3 aromatic rings. The van der Waals surface area contributed by atoms with Gasteiger partial charge >= 0.3 is 0 Å². The fourth-order valence-electron chi connectivity index (χ4n) is 4.71. The number of nitrogens with zero attached hydrogens (tertiary/aromatic N) is 1. The lowest BCUT2D eigenvalue weighted by Gasteiger charge is -2.40. The first kappa shape index (κ1) is 23.4. The van der Waals surface area contributed by atoms with Gasteiger partial charge in [0.1, 0.15) is 0 Å². The molecule has 0 spiro atoms. The molecule has 0 saturated heterocycles. The van der Waals surface area contributed by atoms with E-state index in [2.05, 4.69) is 71.8 Å². The van der Waals surface area contributed by atoms with Gasteiger partial charge < -0.3 is 4.90 Å². The zero-order chi connectivity index (χ0) is 23.7. The van der Waals surface area contributed by atoms with Crippen molar-refractivity contribution < 1.29 is 0 Å². The molecule has 170 valence electrons. The molecule has 0 unspecified atom stereocenters. The van der Waals surface area contributed by atoms with E-state index in [-0.39, 0.29) is 0 Å². The molecule has 1 aliphatic carbocycles. The second-order valence-corrected chi connectivity index (χ2v) is 10.6. The lowest BCUT2D eigenvalue weighted by atomic mass is 9.82. The van der Waals surface area contributed by atoms with Gasteiger partial charge in [-0.25, -0.2) is 0 Å². The number of allylic oxidation sites excluding steroid dienone is 3. The van der Waals surface area contributed by atoms with Crippen LogP contribution in [-0.2, 0) is 0 Å². The molecule has 0 atom stereocenters. The Kier molecular flexibility index (Phi) is 6.99. The van der Waals surface area contributed by atoms with Crippen LogP contribution in [0.4, 0.5) is 5.69 Å². The summed E-state index contributed by atoms with van der Waals surface area (Å²) in [7, 11) is 0. The first-order chi connectivity index (χ1) is 16.6. The minimum Gasteiger partial charge on any atom is -0.309 e. The van der Waals surface area contributed by atoms with Gasteiger partial charge in [0.15, 0.2) is 0 Å². The first-order valence-electron chi connectivity index (χ1n) is 11.2. The molecule has 0 radical (unpaired) electrons. The van der Waals surface area contributed by atoms with Crippen LogP contribution in [0, 0.1) is 0 Å². The number of fused-ring (bicyclic) bond motifs is 1. The fourth-order valence-corrected chi connectivity index (χ4v) is 5.65. The van der Waals surface area contributed by atoms with Gasteiger partial charge in [0.05, 0.1) is 25.6 Å². The molecule has 1 heterocycles. The van der Waals surface area contributed by atoms with Crippen LogP contribution < -0.4 is 4.90 Å². The quantitative estimate of drug-likeness (QED) is 0.316. The average molecular weight is 521 g/mol. The van der Waals surface area contributed by atoms with Crippen molar-refractivity contribution in [2.45, 2.75) is 19.3 Å². The van der Waals surface area contributed by atoms with Gasteiger partial charge in [-0.2, -0.15) is 0 Å². The maximum absolute atomic E-state index is 6.52. The molecule has 0 N–H and O–H groups in total. The van der Waals surface area contributed by atoms with Gasteiger partial charge in [-0.05, 0) is 72.1 Å². The summed E-state index contributed by atoms with van der Waals surface area (Å²) in [5, 5.41) is 1.09. The third-order valence-corrected chi connectivity index (χ3v) is 8.35. The zero-order valence-electron chi connectivity index (χ0n) is 18.7. The maximum Gasteiger partial charge on any atom is 0.0756 e. The molecule has 1 aliphatic heterocycles. The molecule has 5 rings (SSSR count). The van der Waals surface area contributed by atoms with Gasteiger partial charge in [0.25, 0.3) is 0 Å². The van der Waals surface area contributed by atoms with Gasteiger partial charge in [-0.3, -0.25) is 0 Å². The fraction of sp³-hybridized carbons (Fsp3) is 0.138. The molecule has 34 heavy (non-hydrogen) atoms. The van der Waals surface area contributed by atoms with Crippen molar-refractivity contribution in [2.75, 3.05) is 11.2 Å². The standard InChI is InChI=1S/C29H23Cl2NS2/c1-34-29(33)23-14-8-13-22-24(19-9-4-2-5-10-19)18-27(20-11-6-3-7-12-20)32(28(22)23)21-15-16-25(30)26(31)17-21/h2-7,9-12,15-18H,8,13-14H2,1H3. The number of benzene rings is 3. The molecule has 0 amide bonds. The maximum atomic E-state index is 6.52. The summed E-state index contributed by atoms with van der Waals surface area (Å²) in [4.78, 5) is 2.33. The minimum absolute atomic E-state index is 0.538. The number of thiocarbonyl (C=S) groups is 1. The SMILES string of the molecule is CSC(=S)C1=C2C(=C(c3ccccc3)C=C(c3ccccc3)N2c2ccc(Cl)c(Cl)c2)CCC1. The van der Waals surface area contributed by atoms with Crippen LogP contribution in [0.5, 0.6) is 0 Å². The Hall–Kier alpha value is -2.30. The van der Waals surface area contributed by atoms with Crippen LogP contribution in [0.25, 0.3) is 11.3 Å². The highest BCUT2D eigenvalue weighted by molar-refractivity contribution is 8.23. The van der Waals surface area contributed by atoms with Crippen molar-refractivity contribution in [3.63, 3.8) is 0 Å². The largest absolute Gasteiger partial charge is 0.309 e. The summed E-state index contributed by atoms with van der Waals surface area (Å²) in [5.74, 6) is 0.